The molecule has 176 valence electrons. The van der Waals surface area contributed by atoms with E-state index in [9.17, 15) is 22.8 Å². The minimum Gasteiger partial charge on any atom is -0.452 e. The minimum atomic E-state index is -3.87. The molecule has 0 aliphatic rings. The number of amides is 2. The number of rotatable bonds is 10. The largest absolute Gasteiger partial charge is 0.452 e. The van der Waals surface area contributed by atoms with Gasteiger partial charge in [0.25, 0.3) is 5.91 Å². The summed E-state index contributed by atoms with van der Waals surface area (Å²) in [6, 6.07) is 14.4. The first-order chi connectivity index (χ1) is 15.6. The molecule has 0 radical (unpaired) electrons. The van der Waals surface area contributed by atoms with E-state index in [0.717, 1.165) is 16.5 Å². The van der Waals surface area contributed by atoms with Gasteiger partial charge in [0, 0.05) is 11.1 Å². The Balaban J connectivity index is 1.76. The first-order valence-corrected chi connectivity index (χ1v) is 11.7. The molecule has 0 spiro atoms. The van der Waals surface area contributed by atoms with Crippen LogP contribution in [0.1, 0.15) is 23.6 Å². The highest BCUT2D eigenvalue weighted by atomic mass is 32.2. The zero-order valence-corrected chi connectivity index (χ0v) is 19.4. The molecule has 2 amide bonds. The van der Waals surface area contributed by atoms with E-state index >= 15 is 0 Å². The molecular weight excluding hydrogens is 446 g/mol. The second-order valence-corrected chi connectivity index (χ2v) is 8.90. The first-order valence-electron chi connectivity index (χ1n) is 10.1. The number of sulfonamides is 1. The molecule has 0 saturated carbocycles. The van der Waals surface area contributed by atoms with Crippen molar-refractivity contribution in [2.75, 3.05) is 18.4 Å². The van der Waals surface area contributed by atoms with Gasteiger partial charge in [-0.2, -0.15) is 0 Å². The fourth-order valence-corrected chi connectivity index (χ4v) is 3.49. The first kappa shape index (κ1) is 25.8. The second-order valence-electron chi connectivity index (χ2n) is 7.24. The van der Waals surface area contributed by atoms with Gasteiger partial charge in [-0.25, -0.2) is 13.1 Å². The van der Waals surface area contributed by atoms with Crippen LogP contribution in [0.15, 0.2) is 53.9 Å². The molecule has 10 heteroatoms. The number of benzene rings is 2. The Labute approximate surface area is 193 Å². The number of hydrogen-bond acceptors (Lipinski definition) is 6. The standard InChI is InChI=1S/C23H27N3O6S/c1-16-8-7-9-17(2)22(16)26-20(27)14-24-23(29)18(3)32-21(28)15-25-33(30,31)13-12-19-10-5-4-6-11-19/h4-13,18,25H,14-15H2,1-3H3,(H,24,29)(H,26,27)/b13-12+. The summed E-state index contributed by atoms with van der Waals surface area (Å²) in [5.74, 6) is -2.06. The maximum Gasteiger partial charge on any atom is 0.321 e. The summed E-state index contributed by atoms with van der Waals surface area (Å²) in [4.78, 5) is 36.1. The van der Waals surface area contributed by atoms with Crippen molar-refractivity contribution in [2.45, 2.75) is 26.9 Å². The van der Waals surface area contributed by atoms with Crippen LogP contribution in [0.4, 0.5) is 5.69 Å². The average Bonchev–Trinajstić information content (AvgIpc) is 2.78. The number of aryl methyl sites for hydroxylation is 2. The number of carbonyl (C=O) groups excluding carboxylic acids is 3. The van der Waals surface area contributed by atoms with Crippen LogP contribution in [0, 0.1) is 13.8 Å². The van der Waals surface area contributed by atoms with E-state index in [0.29, 0.717) is 11.3 Å². The zero-order chi connectivity index (χ0) is 24.4. The summed E-state index contributed by atoms with van der Waals surface area (Å²) in [7, 11) is -3.87. The van der Waals surface area contributed by atoms with Crippen LogP contribution >= 0.6 is 0 Å². The number of ether oxygens (including phenoxy) is 1. The lowest BCUT2D eigenvalue weighted by atomic mass is 10.1. The van der Waals surface area contributed by atoms with Crippen LogP contribution in [0.25, 0.3) is 6.08 Å². The highest BCUT2D eigenvalue weighted by Gasteiger charge is 2.19. The van der Waals surface area contributed by atoms with E-state index in [2.05, 4.69) is 15.4 Å². The summed E-state index contributed by atoms with van der Waals surface area (Å²) >= 11 is 0. The molecule has 0 aliphatic heterocycles. The molecule has 2 aromatic carbocycles. The maximum absolute atomic E-state index is 12.1. The van der Waals surface area contributed by atoms with Crippen molar-refractivity contribution in [3.63, 3.8) is 0 Å². The second kappa shape index (κ2) is 11.9. The molecule has 9 nitrogen and oxygen atoms in total. The fourth-order valence-electron chi connectivity index (χ4n) is 2.74. The van der Waals surface area contributed by atoms with E-state index in [1.165, 1.54) is 13.0 Å². The van der Waals surface area contributed by atoms with Gasteiger partial charge < -0.3 is 15.4 Å². The van der Waals surface area contributed by atoms with Crippen LogP contribution in [-0.4, -0.2) is 45.4 Å². The van der Waals surface area contributed by atoms with Gasteiger partial charge in [0.15, 0.2) is 6.10 Å². The van der Waals surface area contributed by atoms with Crippen molar-refractivity contribution in [1.29, 1.82) is 0 Å². The molecule has 0 bridgehead atoms. The Bertz CT molecular complexity index is 1110. The third-order valence-electron chi connectivity index (χ3n) is 4.50. The Hall–Kier alpha value is -3.50. The number of nitrogens with one attached hydrogen (secondary N) is 3. The highest BCUT2D eigenvalue weighted by Crippen LogP contribution is 2.19. The summed E-state index contributed by atoms with van der Waals surface area (Å²) < 4.78 is 30.9. The van der Waals surface area contributed by atoms with E-state index in [-0.39, 0.29) is 6.54 Å². The molecule has 2 aromatic rings. The predicted molar refractivity (Wildman–Crippen MR) is 126 cm³/mol. The lowest BCUT2D eigenvalue weighted by Crippen LogP contribution is -2.41. The minimum absolute atomic E-state index is 0.314. The molecule has 0 heterocycles. The third kappa shape index (κ3) is 8.87. The lowest BCUT2D eigenvalue weighted by Gasteiger charge is -2.15. The molecule has 0 fully saturated rings. The van der Waals surface area contributed by atoms with Crippen molar-refractivity contribution in [2.24, 2.45) is 0 Å². The van der Waals surface area contributed by atoms with Gasteiger partial charge >= 0.3 is 5.97 Å². The zero-order valence-electron chi connectivity index (χ0n) is 18.6. The summed E-state index contributed by atoms with van der Waals surface area (Å²) in [5, 5.41) is 6.04. The van der Waals surface area contributed by atoms with Crippen molar-refractivity contribution >= 4 is 39.6 Å². The molecule has 33 heavy (non-hydrogen) atoms. The van der Waals surface area contributed by atoms with Crippen LogP contribution in [0.5, 0.6) is 0 Å². The molecule has 0 saturated heterocycles. The Kier molecular flexibility index (Phi) is 9.31. The van der Waals surface area contributed by atoms with Crippen molar-refractivity contribution < 1.29 is 27.5 Å². The van der Waals surface area contributed by atoms with Crippen molar-refractivity contribution in [3.05, 3.63) is 70.6 Å². The number of esters is 1. The van der Waals surface area contributed by atoms with E-state index in [1.54, 1.807) is 30.3 Å². The summed E-state index contributed by atoms with van der Waals surface area (Å²) in [6.45, 7) is 4.07. The number of hydrogen-bond donors (Lipinski definition) is 3. The lowest BCUT2D eigenvalue weighted by molar-refractivity contribution is -0.153. The Morgan fingerprint density at radius 1 is 0.970 bits per heavy atom. The van der Waals surface area contributed by atoms with Gasteiger partial charge in [-0.05, 0) is 43.5 Å². The van der Waals surface area contributed by atoms with E-state index < -0.39 is 40.5 Å². The number of para-hydroxylation sites is 1. The maximum atomic E-state index is 12.1. The Morgan fingerprint density at radius 3 is 2.24 bits per heavy atom. The number of carbonyl (C=O) groups is 3. The molecule has 2 rings (SSSR count). The normalized spacial score (nSPS) is 12.2. The fraction of sp³-hybridized carbons (Fsp3) is 0.261. The molecular formula is C23H27N3O6S. The van der Waals surface area contributed by atoms with Crippen molar-refractivity contribution in [1.82, 2.24) is 10.0 Å². The van der Waals surface area contributed by atoms with Crippen LogP contribution in [0.3, 0.4) is 0 Å². The van der Waals surface area contributed by atoms with E-state index in [4.69, 9.17) is 4.74 Å². The highest BCUT2D eigenvalue weighted by molar-refractivity contribution is 7.92. The average molecular weight is 474 g/mol. The van der Waals surface area contributed by atoms with Crippen LogP contribution in [-0.2, 0) is 29.1 Å². The third-order valence-corrected chi connectivity index (χ3v) is 5.54. The number of anilines is 1. The topological polar surface area (TPSA) is 131 Å². The van der Waals surface area contributed by atoms with Crippen molar-refractivity contribution in [3.8, 4) is 0 Å². The van der Waals surface area contributed by atoms with Crippen LogP contribution in [0.2, 0.25) is 0 Å². The van der Waals surface area contributed by atoms with Gasteiger partial charge in [0.1, 0.15) is 6.54 Å². The monoisotopic (exact) mass is 473 g/mol. The van der Waals surface area contributed by atoms with Crippen LogP contribution < -0.4 is 15.4 Å². The molecule has 1 atom stereocenters. The SMILES string of the molecule is Cc1cccc(C)c1NC(=O)CNC(=O)C(C)OC(=O)CNS(=O)(=O)/C=C/c1ccccc1. The quantitative estimate of drug-likeness (QED) is 0.452. The Morgan fingerprint density at radius 2 is 1.61 bits per heavy atom. The van der Waals surface area contributed by atoms with Gasteiger partial charge in [-0.1, -0.05) is 48.5 Å². The van der Waals surface area contributed by atoms with Gasteiger partial charge in [0.2, 0.25) is 15.9 Å². The molecule has 0 aromatic heterocycles. The molecule has 0 aliphatic carbocycles. The summed E-state index contributed by atoms with van der Waals surface area (Å²) in [6.07, 6.45) is 0.169. The van der Waals surface area contributed by atoms with Gasteiger partial charge in [0.05, 0.1) is 6.54 Å². The van der Waals surface area contributed by atoms with E-state index in [1.807, 2.05) is 32.0 Å². The smallest absolute Gasteiger partial charge is 0.321 e. The van der Waals surface area contributed by atoms with Gasteiger partial charge in [-0.3, -0.25) is 14.4 Å². The van der Waals surface area contributed by atoms with Gasteiger partial charge in [-0.15, -0.1) is 0 Å². The summed E-state index contributed by atoms with van der Waals surface area (Å²) in [5.41, 5.74) is 3.12. The molecule has 3 N–H and O–H groups in total. The molecule has 1 unspecified atom stereocenters. The predicted octanol–water partition coefficient (Wildman–Crippen LogP) is 1.88.